The Labute approximate surface area is 515 Å². The minimum atomic E-state index is -2.22. The van der Waals surface area contributed by atoms with Crippen LogP contribution in [0.1, 0.15) is 105 Å². The van der Waals surface area contributed by atoms with Crippen molar-refractivity contribution in [2.75, 3.05) is 0 Å². The highest BCUT2D eigenvalue weighted by Crippen LogP contribution is 2.49. The lowest BCUT2D eigenvalue weighted by Crippen LogP contribution is -2.60. The average molecular weight is 1270 g/mol. The van der Waals surface area contributed by atoms with Crippen molar-refractivity contribution < 1.29 is 93.0 Å². The van der Waals surface area contributed by atoms with Crippen LogP contribution in [0.4, 0.5) is 0 Å². The van der Waals surface area contributed by atoms with Gasteiger partial charge in [0.15, 0.2) is 17.5 Å². The Morgan fingerprint density at radius 2 is 1.30 bits per heavy atom. The molecule has 5 aromatic carbocycles. The lowest BCUT2D eigenvalue weighted by molar-refractivity contribution is -0.204. The summed E-state index contributed by atoms with van der Waals surface area (Å²) in [4.78, 5) is 115. The molecule has 472 valence electrons. The number of nitrogens with one attached hydrogen (secondary N) is 6. The zero-order valence-electron chi connectivity index (χ0n) is 47.6. The molecule has 0 aliphatic carbocycles. The Hall–Kier alpha value is -9.00. The number of aliphatic hydroxyl groups excluding tert-OH is 3. The first-order valence-electron chi connectivity index (χ1n) is 27.6. The van der Waals surface area contributed by atoms with Crippen LogP contribution >= 0.6 is 23.2 Å². The SMILES string of the molecule is CC(C)C[C@@H](N)C(=O)N[C@H]1C(=O)N[C@@H](CC(N)=O)C(=O)N[C@H]2C(=O)N[C@H]3C(=O)N[C@H](C(=O)N[C@H](C(=O)O)c4cc(O)cc(O)c4-c4cc3ccc4O)[C@H](O)c3ccc(c(Cl)c3)Oc3cc2cc(c3OC2C[C@](C)(N)[C@H](O)[C@H](C)O2)Oc2ccc(cc2Cl)[C@H]1O. The minimum absolute atomic E-state index is 0.107. The Morgan fingerprint density at radius 1 is 0.719 bits per heavy atom. The van der Waals surface area contributed by atoms with Gasteiger partial charge in [0.2, 0.25) is 53.4 Å². The fourth-order valence-corrected chi connectivity index (χ4v) is 11.3. The van der Waals surface area contributed by atoms with Crippen LogP contribution in [-0.2, 0) is 43.1 Å². The van der Waals surface area contributed by atoms with Gasteiger partial charge in [-0.25, -0.2) is 4.79 Å². The van der Waals surface area contributed by atoms with Gasteiger partial charge in [0.05, 0.1) is 34.7 Å². The molecule has 1 unspecified atom stereocenters. The van der Waals surface area contributed by atoms with Gasteiger partial charge in [-0.2, -0.15) is 0 Å². The Kier molecular flexibility index (Phi) is 18.6. The van der Waals surface area contributed by atoms with Gasteiger partial charge >= 0.3 is 5.97 Å². The van der Waals surface area contributed by atoms with Gasteiger partial charge in [0.25, 0.3) is 0 Å². The van der Waals surface area contributed by atoms with Gasteiger partial charge in [0, 0.05) is 34.7 Å². The van der Waals surface area contributed by atoms with Crippen molar-refractivity contribution in [1.82, 2.24) is 31.9 Å². The number of ether oxygens (including phenoxy) is 4. The van der Waals surface area contributed by atoms with Crippen LogP contribution < -0.4 is 63.3 Å². The number of phenols is 3. The van der Waals surface area contributed by atoms with Crippen LogP contribution in [-0.4, -0.2) is 131 Å². The van der Waals surface area contributed by atoms with Gasteiger partial charge in [-0.15, -0.1) is 0 Å². The number of hydrogen-bond acceptors (Lipinski definition) is 20. The highest BCUT2D eigenvalue weighted by Gasteiger charge is 2.45. The first-order valence-corrected chi connectivity index (χ1v) is 28.4. The van der Waals surface area contributed by atoms with E-state index in [2.05, 4.69) is 31.9 Å². The molecule has 6 aliphatic rings. The van der Waals surface area contributed by atoms with E-state index in [-0.39, 0.29) is 68.3 Å². The van der Waals surface area contributed by atoms with E-state index in [1.807, 2.05) is 0 Å². The van der Waals surface area contributed by atoms with Crippen molar-refractivity contribution >= 4 is 70.5 Å². The van der Waals surface area contributed by atoms with Crippen molar-refractivity contribution in [1.29, 1.82) is 0 Å². The molecule has 7 amide bonds. The van der Waals surface area contributed by atoms with E-state index in [0.29, 0.717) is 0 Å². The monoisotopic (exact) mass is 1270 g/mol. The van der Waals surface area contributed by atoms with Crippen LogP contribution in [0, 0.1) is 5.92 Å². The molecule has 13 atom stereocenters. The van der Waals surface area contributed by atoms with Crippen molar-refractivity contribution in [2.24, 2.45) is 23.1 Å². The van der Waals surface area contributed by atoms with E-state index in [9.17, 15) is 59.7 Å². The molecule has 11 rings (SSSR count). The second-order valence-corrected chi connectivity index (χ2v) is 23.5. The van der Waals surface area contributed by atoms with Crippen molar-refractivity contribution in [2.45, 2.75) is 125 Å². The fraction of sp³-hybridized carbons (Fsp3) is 0.356. The molecule has 1 fully saturated rings. The first-order chi connectivity index (χ1) is 41.9. The number of carbonyl (C=O) groups excluding carboxylic acids is 7. The molecular weight excluding hydrogens is 1210 g/mol. The van der Waals surface area contributed by atoms with Crippen molar-refractivity contribution in [3.05, 3.63) is 117 Å². The molecule has 11 bridgehead atoms. The number of rotatable bonds is 9. The molecule has 28 nitrogen and oxygen atoms in total. The number of carbonyl (C=O) groups is 8. The molecule has 0 saturated carbocycles. The number of fused-ring (bicyclic) bond motifs is 15. The lowest BCUT2D eigenvalue weighted by Gasteiger charge is -2.42. The number of nitrogens with two attached hydrogens (primary N) is 3. The summed E-state index contributed by atoms with van der Waals surface area (Å²) in [5.74, 6) is -14.7. The third-order valence-corrected chi connectivity index (χ3v) is 15.9. The third kappa shape index (κ3) is 13.7. The fourth-order valence-electron chi connectivity index (χ4n) is 10.8. The molecule has 30 heteroatoms. The largest absolute Gasteiger partial charge is 0.508 e. The molecule has 19 N–H and O–H groups in total. The summed E-state index contributed by atoms with van der Waals surface area (Å²) >= 11 is 13.9. The van der Waals surface area contributed by atoms with Crippen LogP contribution in [0.2, 0.25) is 10.0 Å². The number of phenolic OH excluding ortho intramolecular Hbond substituents is 3. The maximum atomic E-state index is 15.8. The molecular formula is C59H63Cl2N9O19. The second kappa shape index (κ2) is 25.6. The van der Waals surface area contributed by atoms with Gasteiger partial charge in [-0.1, -0.05) is 55.2 Å². The smallest absolute Gasteiger partial charge is 0.330 e. The van der Waals surface area contributed by atoms with Crippen LogP contribution in [0.5, 0.6) is 46.0 Å². The van der Waals surface area contributed by atoms with E-state index in [4.69, 9.17) is 59.4 Å². The van der Waals surface area contributed by atoms with Crippen LogP contribution in [0.25, 0.3) is 11.1 Å². The second-order valence-electron chi connectivity index (χ2n) is 22.7. The highest BCUT2D eigenvalue weighted by atomic mass is 35.5. The predicted octanol–water partition coefficient (Wildman–Crippen LogP) is 2.02. The zero-order valence-corrected chi connectivity index (χ0v) is 49.2. The van der Waals surface area contributed by atoms with Gasteiger partial charge < -0.3 is 104 Å². The standard InChI is InChI=1S/C59H63Cl2N9O19/c1-21(2)11-32(62)52(78)69-46-48(75)24-6-9-36(30(60)13-24)87-38-15-26-16-39(50(38)89-41-20-59(4,64)51(77)22(3)86-41)88-37-10-7-25(14-31(37)61)49(76)47-57(83)68-45(58(84)85)29-17-27(71)18-35(73)42(29)28-12-23(5-8-34(28)72)43(54(80)70-47)67-55(81)44(26)66-53(79)33(19-40(63)74)65-56(46)82/h5-10,12-18,21-22,32-33,41,43-49,51,71-73,75-77H,11,19-20,62,64H2,1-4H3,(H2,63,74)(H,65,82)(H,66,79)(H,67,81)(H,68,83)(H,69,78)(H,70,80)(H,84,85)/t22-,32+,33-,41?,43+,44+,45-,46+,47-,48+,49+,51+,59-/m0/s1. The number of carboxylic acids is 1. The number of aromatic hydroxyl groups is 3. The summed E-state index contributed by atoms with van der Waals surface area (Å²) in [5, 5.41) is 93.2. The van der Waals surface area contributed by atoms with E-state index in [0.717, 1.165) is 48.5 Å². The minimum Gasteiger partial charge on any atom is -0.508 e. The summed E-state index contributed by atoms with van der Waals surface area (Å²) < 4.78 is 25.7. The number of halogens is 2. The zero-order chi connectivity index (χ0) is 64.8. The molecule has 6 aliphatic heterocycles. The van der Waals surface area contributed by atoms with Crippen LogP contribution in [0.15, 0.2) is 78.9 Å². The normalized spacial score (nSPS) is 26.6. The predicted molar refractivity (Wildman–Crippen MR) is 312 cm³/mol. The topological polar surface area (TPSA) is 465 Å². The van der Waals surface area contributed by atoms with E-state index in [1.54, 1.807) is 20.8 Å². The third-order valence-electron chi connectivity index (χ3n) is 15.3. The Balaban J connectivity index is 1.32. The molecule has 6 heterocycles. The lowest BCUT2D eigenvalue weighted by atomic mass is 9.86. The molecule has 1 saturated heterocycles. The van der Waals surface area contributed by atoms with E-state index in [1.165, 1.54) is 37.3 Å². The maximum Gasteiger partial charge on any atom is 0.330 e. The van der Waals surface area contributed by atoms with E-state index >= 15 is 14.4 Å². The summed E-state index contributed by atoms with van der Waals surface area (Å²) in [6, 6.07) is 0.272. The highest BCUT2D eigenvalue weighted by molar-refractivity contribution is 6.32. The molecule has 5 aromatic rings. The maximum absolute atomic E-state index is 15.8. The molecule has 89 heavy (non-hydrogen) atoms. The van der Waals surface area contributed by atoms with Crippen molar-refractivity contribution in [3.8, 4) is 57.1 Å². The molecule has 0 spiro atoms. The number of carboxylic acid groups (broad SMARTS) is 1. The molecule has 0 radical (unpaired) electrons. The quantitative estimate of drug-likeness (QED) is 0.100. The van der Waals surface area contributed by atoms with Gasteiger partial charge in [-0.3, -0.25) is 33.6 Å². The Bertz CT molecular complexity index is 3700. The van der Waals surface area contributed by atoms with E-state index < -0.39 is 178 Å². The summed E-state index contributed by atoms with van der Waals surface area (Å²) in [7, 11) is 0. The molecule has 0 aromatic heterocycles. The van der Waals surface area contributed by atoms with Gasteiger partial charge in [0.1, 0.15) is 71.2 Å². The first kappa shape index (κ1) is 64.5. The van der Waals surface area contributed by atoms with Gasteiger partial charge in [-0.05, 0) is 103 Å². The summed E-state index contributed by atoms with van der Waals surface area (Å²) in [5.41, 5.74) is 14.7. The number of amides is 7. The number of primary amides is 1. The number of aliphatic hydroxyl groups is 3. The van der Waals surface area contributed by atoms with Crippen LogP contribution in [0.3, 0.4) is 0 Å². The summed E-state index contributed by atoms with van der Waals surface area (Å²) in [6.07, 6.45) is -8.79. The number of hydrogen-bond donors (Lipinski definition) is 16. The summed E-state index contributed by atoms with van der Waals surface area (Å²) in [6.45, 7) is 6.63. The number of benzene rings is 5. The number of aliphatic carboxylic acids is 1. The average Bonchev–Trinajstić information content (AvgIpc) is 0.834. The van der Waals surface area contributed by atoms with Crippen molar-refractivity contribution in [3.63, 3.8) is 0 Å². The Morgan fingerprint density at radius 3 is 1.89 bits per heavy atom.